The van der Waals surface area contributed by atoms with Crippen LogP contribution in [0.5, 0.6) is 0 Å². The third-order valence-corrected chi connectivity index (χ3v) is 13.3. The molecule has 1 heteroatoms. The number of hydrogen-bond donors (Lipinski definition) is 0. The van der Waals surface area contributed by atoms with Gasteiger partial charge in [0.2, 0.25) is 0 Å². The minimum Gasteiger partial charge on any atom is -0.309 e. The summed E-state index contributed by atoms with van der Waals surface area (Å²) < 4.78 is 0. The SMILES string of the molecule is CC1(C)c2ccccc2N2c3ccc(-c4ccc(-c5cccc6c5C=CCC6)cc4)cc3C(C)(C)c3cc(-c4ccc(-c5cccc6ccccc56)cc4)cc1c32. The molecule has 0 aromatic heterocycles. The highest BCUT2D eigenvalue weighted by molar-refractivity contribution is 5.98. The second-order valence-electron chi connectivity index (χ2n) is 17.3. The second-order valence-corrected chi connectivity index (χ2v) is 17.3. The van der Waals surface area contributed by atoms with Gasteiger partial charge in [-0.2, -0.15) is 0 Å². The molecular formula is C56H45N. The zero-order valence-corrected chi connectivity index (χ0v) is 33.1. The van der Waals surface area contributed by atoms with Gasteiger partial charge in [-0.15, -0.1) is 0 Å². The summed E-state index contributed by atoms with van der Waals surface area (Å²) in [6.45, 7) is 9.67. The molecule has 8 aromatic carbocycles. The Labute approximate surface area is 336 Å². The van der Waals surface area contributed by atoms with Gasteiger partial charge in [-0.05, 0) is 132 Å². The molecule has 1 aliphatic carbocycles. The molecule has 0 N–H and O–H groups in total. The Morgan fingerprint density at radius 1 is 0.439 bits per heavy atom. The smallest absolute Gasteiger partial charge is 0.0544 e. The van der Waals surface area contributed by atoms with Crippen molar-refractivity contribution in [2.75, 3.05) is 4.90 Å². The van der Waals surface area contributed by atoms with Gasteiger partial charge in [-0.1, -0.05) is 173 Å². The first-order chi connectivity index (χ1) is 27.8. The van der Waals surface area contributed by atoms with Crippen molar-refractivity contribution in [3.05, 3.63) is 203 Å². The summed E-state index contributed by atoms with van der Waals surface area (Å²) in [5, 5.41) is 2.56. The highest BCUT2D eigenvalue weighted by Crippen LogP contribution is 2.61. The first-order valence-electron chi connectivity index (χ1n) is 20.5. The molecule has 57 heavy (non-hydrogen) atoms. The van der Waals surface area contributed by atoms with E-state index in [9.17, 15) is 0 Å². The predicted molar refractivity (Wildman–Crippen MR) is 242 cm³/mol. The van der Waals surface area contributed by atoms with Crippen molar-refractivity contribution in [3.63, 3.8) is 0 Å². The number of benzene rings is 8. The van der Waals surface area contributed by atoms with Gasteiger partial charge in [0.1, 0.15) is 0 Å². The molecule has 0 bridgehead atoms. The topological polar surface area (TPSA) is 3.24 Å². The van der Waals surface area contributed by atoms with Gasteiger partial charge in [-0.3, -0.25) is 0 Å². The van der Waals surface area contributed by atoms with Gasteiger partial charge in [-0.25, -0.2) is 0 Å². The molecular weight excluding hydrogens is 687 g/mol. The fourth-order valence-electron chi connectivity index (χ4n) is 10.1. The van der Waals surface area contributed by atoms with Crippen molar-refractivity contribution in [2.45, 2.75) is 51.4 Å². The minimum absolute atomic E-state index is 0.181. The number of aryl methyl sites for hydroxylation is 1. The Morgan fingerprint density at radius 3 is 1.79 bits per heavy atom. The monoisotopic (exact) mass is 731 g/mol. The van der Waals surface area contributed by atoms with Gasteiger partial charge >= 0.3 is 0 Å². The summed E-state index contributed by atoms with van der Waals surface area (Å²) >= 11 is 0. The molecule has 8 aromatic rings. The van der Waals surface area contributed by atoms with Gasteiger partial charge in [0.15, 0.2) is 0 Å². The number of para-hydroxylation sites is 1. The van der Waals surface area contributed by atoms with Gasteiger partial charge in [0, 0.05) is 10.8 Å². The molecule has 1 nitrogen and oxygen atoms in total. The predicted octanol–water partition coefficient (Wildman–Crippen LogP) is 15.2. The van der Waals surface area contributed by atoms with Gasteiger partial charge in [0.05, 0.1) is 17.1 Å². The lowest BCUT2D eigenvalue weighted by atomic mass is 9.65. The zero-order chi connectivity index (χ0) is 38.5. The van der Waals surface area contributed by atoms with Crippen LogP contribution in [0.2, 0.25) is 0 Å². The standard InChI is InChI=1S/C56H45N/c1-55(2)48-21-9-10-22-52(48)57-53-32-31-42(36-23-27-40(28-24-36)46-19-11-15-38-13-5-7-17-44(38)46)33-49(53)56(3,4)51-35-43(34-50(55)54(51)57)37-25-29-41(30-26-37)47-20-12-16-39-14-6-8-18-45(39)47/h6-12,14-35H,5,13H2,1-4H3. The average molecular weight is 732 g/mol. The molecule has 2 aliphatic heterocycles. The molecule has 274 valence electrons. The minimum atomic E-state index is -0.247. The van der Waals surface area contributed by atoms with Crippen molar-refractivity contribution in [1.29, 1.82) is 0 Å². The van der Waals surface area contributed by atoms with Gasteiger partial charge in [0.25, 0.3) is 0 Å². The maximum atomic E-state index is 2.57. The van der Waals surface area contributed by atoms with Crippen LogP contribution in [0.1, 0.15) is 67.5 Å². The Hall–Kier alpha value is -6.44. The lowest BCUT2D eigenvalue weighted by molar-refractivity contribution is 0.598. The summed E-state index contributed by atoms with van der Waals surface area (Å²) in [4.78, 5) is 2.57. The van der Waals surface area contributed by atoms with Crippen molar-refractivity contribution in [2.24, 2.45) is 0 Å². The lowest BCUT2D eigenvalue weighted by Crippen LogP contribution is -2.38. The van der Waals surface area contributed by atoms with Crippen LogP contribution in [0.3, 0.4) is 0 Å². The fourth-order valence-corrected chi connectivity index (χ4v) is 10.1. The van der Waals surface area contributed by atoms with E-state index in [1.807, 2.05) is 0 Å². The first-order valence-corrected chi connectivity index (χ1v) is 20.5. The first kappa shape index (κ1) is 33.9. The average Bonchev–Trinajstić information content (AvgIpc) is 3.26. The van der Waals surface area contributed by atoms with Crippen LogP contribution < -0.4 is 4.90 Å². The maximum Gasteiger partial charge on any atom is 0.0544 e. The van der Waals surface area contributed by atoms with Crippen LogP contribution in [0.25, 0.3) is 61.4 Å². The van der Waals surface area contributed by atoms with E-state index in [2.05, 4.69) is 209 Å². The number of allylic oxidation sites excluding steroid dienone is 1. The van der Waals surface area contributed by atoms with Crippen LogP contribution in [-0.4, -0.2) is 0 Å². The van der Waals surface area contributed by atoms with E-state index in [0.29, 0.717) is 0 Å². The summed E-state index contributed by atoms with van der Waals surface area (Å²) in [6, 6.07) is 61.7. The second kappa shape index (κ2) is 12.5. The highest BCUT2D eigenvalue weighted by Gasteiger charge is 2.45. The quantitative estimate of drug-likeness (QED) is 0.174. The van der Waals surface area contributed by atoms with E-state index in [4.69, 9.17) is 0 Å². The number of anilines is 3. The van der Waals surface area contributed by atoms with Crippen molar-refractivity contribution in [3.8, 4) is 44.5 Å². The molecule has 0 radical (unpaired) electrons. The normalized spacial score (nSPS) is 15.4. The van der Waals surface area contributed by atoms with Crippen LogP contribution >= 0.6 is 0 Å². The summed E-state index contributed by atoms with van der Waals surface area (Å²) in [7, 11) is 0. The Kier molecular flexibility index (Phi) is 7.45. The molecule has 0 atom stereocenters. The number of fused-ring (bicyclic) bond motifs is 6. The fraction of sp³-hybridized carbons (Fsp3) is 0.143. The molecule has 0 unspecified atom stereocenters. The Balaban J connectivity index is 1.04. The van der Waals surface area contributed by atoms with E-state index < -0.39 is 0 Å². The van der Waals surface area contributed by atoms with Crippen LogP contribution in [0.15, 0.2) is 170 Å². The Morgan fingerprint density at radius 2 is 1.00 bits per heavy atom. The molecule has 2 heterocycles. The lowest BCUT2D eigenvalue weighted by Gasteiger charge is -2.49. The summed E-state index contributed by atoms with van der Waals surface area (Å²) in [5.41, 5.74) is 21.8. The van der Waals surface area contributed by atoms with Crippen molar-refractivity contribution < 1.29 is 0 Å². The van der Waals surface area contributed by atoms with E-state index in [-0.39, 0.29) is 10.8 Å². The third-order valence-electron chi connectivity index (χ3n) is 13.3. The molecule has 3 aliphatic rings. The zero-order valence-electron chi connectivity index (χ0n) is 33.1. The van der Waals surface area contributed by atoms with E-state index in [1.165, 1.54) is 106 Å². The number of rotatable bonds is 4. The van der Waals surface area contributed by atoms with Crippen LogP contribution in [-0.2, 0) is 17.3 Å². The molecule has 0 saturated carbocycles. The molecule has 0 saturated heterocycles. The number of hydrogen-bond acceptors (Lipinski definition) is 1. The number of nitrogens with zero attached hydrogens (tertiary/aromatic N) is 1. The largest absolute Gasteiger partial charge is 0.309 e. The van der Waals surface area contributed by atoms with Crippen molar-refractivity contribution in [1.82, 2.24) is 0 Å². The summed E-state index contributed by atoms with van der Waals surface area (Å²) in [5.74, 6) is 0. The maximum absolute atomic E-state index is 2.57. The van der Waals surface area contributed by atoms with Crippen LogP contribution in [0, 0.1) is 0 Å². The summed E-state index contributed by atoms with van der Waals surface area (Å²) in [6.07, 6.45) is 6.86. The molecule has 11 rings (SSSR count). The molecule has 0 spiro atoms. The molecule has 0 amide bonds. The van der Waals surface area contributed by atoms with E-state index >= 15 is 0 Å². The van der Waals surface area contributed by atoms with Crippen molar-refractivity contribution >= 4 is 33.9 Å². The third kappa shape index (κ3) is 5.15. The Bertz CT molecular complexity index is 2930. The highest BCUT2D eigenvalue weighted by atomic mass is 15.2. The molecule has 0 fully saturated rings. The van der Waals surface area contributed by atoms with E-state index in [1.54, 1.807) is 0 Å². The van der Waals surface area contributed by atoms with Gasteiger partial charge < -0.3 is 4.90 Å². The van der Waals surface area contributed by atoms with E-state index in [0.717, 1.165) is 12.8 Å². The van der Waals surface area contributed by atoms with Crippen LogP contribution in [0.4, 0.5) is 17.1 Å².